The standard InChI is InChI=1S/C22H30N2O6.C21H29N3O6/c1-6-7-15-29-17-12-10-16(11-13-17)19(25)24-18(20(26)28-5)9-8-14-23-21(27)30-22(2,3)4;1-5-6-14-29-16-11-9-15(10-12-16)18(25)23-17(19(26)24-28)8-7-13-22-20(27)30-21(2,3)4/h10-13,18H,8-9,14-15H2,1-5H3,(H,23,27)(H,24,25);9-12,17,28H,7-8,13-14H2,1-4H3,(H,22,27)(H,23,25)(H,24,26)/t18-;17-/m00/s1. The first-order chi connectivity index (χ1) is 28.3. The van der Waals surface area contributed by atoms with Crippen LogP contribution in [-0.4, -0.2) is 97.8 Å². The van der Waals surface area contributed by atoms with Gasteiger partial charge in [0.05, 0.1) is 7.11 Å². The van der Waals surface area contributed by atoms with Gasteiger partial charge in [-0.1, -0.05) is 11.8 Å². The van der Waals surface area contributed by atoms with Gasteiger partial charge in [-0.05, 0) is 130 Å². The summed E-state index contributed by atoms with van der Waals surface area (Å²) in [5, 5.41) is 19.3. The third kappa shape index (κ3) is 23.1. The number of carbonyl (C=O) groups excluding carboxylic acids is 6. The molecule has 0 spiro atoms. The van der Waals surface area contributed by atoms with Crippen molar-refractivity contribution in [3.8, 4) is 35.2 Å². The molecule has 2 rings (SSSR count). The van der Waals surface area contributed by atoms with E-state index in [1.807, 2.05) is 0 Å². The molecule has 0 saturated heterocycles. The minimum Gasteiger partial charge on any atom is -0.481 e. The lowest BCUT2D eigenvalue weighted by Crippen LogP contribution is -2.46. The maximum Gasteiger partial charge on any atom is 0.407 e. The first-order valence-electron chi connectivity index (χ1n) is 19.1. The zero-order valence-electron chi connectivity index (χ0n) is 35.9. The van der Waals surface area contributed by atoms with E-state index >= 15 is 0 Å². The van der Waals surface area contributed by atoms with Gasteiger partial charge in [-0.25, -0.2) is 19.9 Å². The zero-order chi connectivity index (χ0) is 45.1. The molecule has 17 nitrogen and oxygen atoms in total. The Morgan fingerprint density at radius 1 is 0.633 bits per heavy atom. The number of nitrogens with one attached hydrogen (secondary N) is 5. The van der Waals surface area contributed by atoms with Gasteiger partial charge in [-0.3, -0.25) is 19.6 Å². The van der Waals surface area contributed by atoms with Crippen molar-refractivity contribution in [2.45, 2.75) is 104 Å². The second-order valence-corrected chi connectivity index (χ2v) is 14.7. The molecule has 0 radical (unpaired) electrons. The Labute approximate surface area is 352 Å². The van der Waals surface area contributed by atoms with Crippen molar-refractivity contribution in [3.63, 3.8) is 0 Å². The molecule has 0 aromatic heterocycles. The summed E-state index contributed by atoms with van der Waals surface area (Å²) in [6.45, 7) is 15.1. The summed E-state index contributed by atoms with van der Waals surface area (Å²) in [5.41, 5.74) is 1.05. The van der Waals surface area contributed by atoms with Crippen LogP contribution >= 0.6 is 0 Å². The predicted octanol–water partition coefficient (Wildman–Crippen LogP) is 4.66. The van der Waals surface area contributed by atoms with Gasteiger partial charge in [-0.2, -0.15) is 0 Å². The molecule has 0 aliphatic carbocycles. The number of alkyl carbamates (subject to hydrolysis) is 2. The fourth-order valence-electron chi connectivity index (χ4n) is 4.63. The topological polar surface area (TPSA) is 229 Å². The van der Waals surface area contributed by atoms with E-state index in [1.54, 1.807) is 109 Å². The molecule has 2 aromatic carbocycles. The van der Waals surface area contributed by atoms with Gasteiger partial charge in [0.15, 0.2) is 0 Å². The molecule has 17 heteroatoms. The Balaban J connectivity index is 0.000000600. The molecule has 5 amide bonds. The van der Waals surface area contributed by atoms with Crippen molar-refractivity contribution < 1.29 is 57.7 Å². The van der Waals surface area contributed by atoms with Crippen molar-refractivity contribution >= 4 is 35.9 Å². The molecule has 60 heavy (non-hydrogen) atoms. The minimum atomic E-state index is -0.973. The fourth-order valence-corrected chi connectivity index (χ4v) is 4.63. The Bertz CT molecular complexity index is 1680. The van der Waals surface area contributed by atoms with Gasteiger partial charge in [0.1, 0.15) is 48.0 Å². The third-order valence-electron chi connectivity index (χ3n) is 7.41. The van der Waals surface area contributed by atoms with Crippen LogP contribution in [0.2, 0.25) is 0 Å². The van der Waals surface area contributed by atoms with Gasteiger partial charge in [0, 0.05) is 24.2 Å². The Morgan fingerprint density at radius 3 is 1.37 bits per heavy atom. The number of amides is 5. The first-order valence-corrected chi connectivity index (χ1v) is 19.1. The quantitative estimate of drug-likeness (QED) is 0.0301. The second-order valence-electron chi connectivity index (χ2n) is 14.7. The van der Waals surface area contributed by atoms with Gasteiger partial charge in [-0.15, -0.1) is 11.8 Å². The largest absolute Gasteiger partial charge is 0.481 e. The summed E-state index contributed by atoms with van der Waals surface area (Å²) in [7, 11) is 1.26. The highest BCUT2D eigenvalue weighted by molar-refractivity contribution is 5.98. The van der Waals surface area contributed by atoms with Crippen LogP contribution in [0.5, 0.6) is 11.5 Å². The minimum absolute atomic E-state index is 0.199. The van der Waals surface area contributed by atoms with Crippen LogP contribution in [0.4, 0.5) is 9.59 Å². The van der Waals surface area contributed by atoms with E-state index in [2.05, 4.69) is 44.9 Å². The average molecular weight is 838 g/mol. The highest BCUT2D eigenvalue weighted by Gasteiger charge is 2.24. The van der Waals surface area contributed by atoms with Crippen molar-refractivity contribution in [2.24, 2.45) is 0 Å². The Hall–Kier alpha value is -6.46. The molecule has 2 atom stereocenters. The number of esters is 1. The fraction of sp³-hybridized carbons (Fsp3) is 0.488. The molecular weight excluding hydrogens is 778 g/mol. The monoisotopic (exact) mass is 837 g/mol. The van der Waals surface area contributed by atoms with E-state index in [0.717, 1.165) is 0 Å². The predicted molar refractivity (Wildman–Crippen MR) is 222 cm³/mol. The van der Waals surface area contributed by atoms with Crippen LogP contribution in [0.15, 0.2) is 48.5 Å². The molecule has 2 aromatic rings. The summed E-state index contributed by atoms with van der Waals surface area (Å²) >= 11 is 0. The summed E-state index contributed by atoms with van der Waals surface area (Å²) in [4.78, 5) is 72.1. The smallest absolute Gasteiger partial charge is 0.407 e. The van der Waals surface area contributed by atoms with Crippen LogP contribution in [0, 0.1) is 23.7 Å². The molecule has 0 bridgehead atoms. The maximum atomic E-state index is 12.5. The molecule has 0 fully saturated rings. The van der Waals surface area contributed by atoms with Crippen molar-refractivity contribution in [2.75, 3.05) is 33.4 Å². The summed E-state index contributed by atoms with van der Waals surface area (Å²) in [6, 6.07) is 11.1. The van der Waals surface area contributed by atoms with Gasteiger partial charge >= 0.3 is 18.2 Å². The van der Waals surface area contributed by atoms with Crippen molar-refractivity contribution in [1.29, 1.82) is 0 Å². The number of hydroxylamine groups is 1. The summed E-state index contributed by atoms with van der Waals surface area (Å²) in [6.07, 6.45) is 0.221. The lowest BCUT2D eigenvalue weighted by atomic mass is 10.1. The number of carbonyl (C=O) groups is 6. The average Bonchev–Trinajstić information content (AvgIpc) is 3.19. The lowest BCUT2D eigenvalue weighted by molar-refractivity contribution is -0.143. The molecule has 0 unspecified atom stereocenters. The van der Waals surface area contributed by atoms with E-state index in [4.69, 9.17) is 28.9 Å². The molecule has 6 N–H and O–H groups in total. The number of hydrogen-bond acceptors (Lipinski definition) is 12. The van der Waals surface area contributed by atoms with E-state index in [-0.39, 0.29) is 26.2 Å². The van der Waals surface area contributed by atoms with Crippen LogP contribution in [0.1, 0.15) is 102 Å². The van der Waals surface area contributed by atoms with Crippen LogP contribution in [0.25, 0.3) is 0 Å². The van der Waals surface area contributed by atoms with Crippen molar-refractivity contribution in [3.05, 3.63) is 59.7 Å². The Kier molecular flexibility index (Phi) is 23.4. The number of ether oxygens (including phenoxy) is 5. The SMILES string of the molecule is CC#CCOc1ccc(C(=O)N[C@@H](CCCNC(=O)OC(C)(C)C)C(=O)NO)cc1.CC#CCOc1ccc(C(=O)N[C@@H](CCCNC(=O)OC(C)(C)C)C(=O)OC)cc1. The van der Waals surface area contributed by atoms with E-state index < -0.39 is 59.2 Å². The lowest BCUT2D eigenvalue weighted by Gasteiger charge is -2.20. The third-order valence-corrected chi connectivity index (χ3v) is 7.41. The van der Waals surface area contributed by atoms with Gasteiger partial charge < -0.3 is 45.0 Å². The molecular formula is C43H59N5O12. The first kappa shape index (κ1) is 51.6. The molecule has 0 saturated carbocycles. The van der Waals surface area contributed by atoms with Gasteiger partial charge in [0.2, 0.25) is 0 Å². The van der Waals surface area contributed by atoms with Gasteiger partial charge in [0.25, 0.3) is 17.7 Å². The number of rotatable bonds is 18. The maximum absolute atomic E-state index is 12.5. The molecule has 0 aliphatic heterocycles. The number of methoxy groups -OCH3 is 1. The highest BCUT2D eigenvalue weighted by Crippen LogP contribution is 2.14. The zero-order valence-corrected chi connectivity index (χ0v) is 35.9. The van der Waals surface area contributed by atoms with Crippen molar-refractivity contribution in [1.82, 2.24) is 26.7 Å². The van der Waals surface area contributed by atoms with E-state index in [0.29, 0.717) is 48.4 Å². The van der Waals surface area contributed by atoms with Crippen LogP contribution in [-0.2, 0) is 23.8 Å². The van der Waals surface area contributed by atoms with E-state index in [9.17, 15) is 28.8 Å². The highest BCUT2D eigenvalue weighted by atomic mass is 16.6. The van der Waals surface area contributed by atoms with Crippen LogP contribution < -0.4 is 36.2 Å². The molecule has 0 aliphatic rings. The Morgan fingerprint density at radius 2 is 1.02 bits per heavy atom. The molecule has 0 heterocycles. The van der Waals surface area contributed by atoms with Crippen LogP contribution in [0.3, 0.4) is 0 Å². The van der Waals surface area contributed by atoms with E-state index in [1.165, 1.54) is 7.11 Å². The summed E-state index contributed by atoms with van der Waals surface area (Å²) < 4.78 is 25.8. The molecule has 328 valence electrons. The number of hydrogen-bond donors (Lipinski definition) is 6. The number of benzene rings is 2. The second kappa shape index (κ2) is 27.3. The summed E-state index contributed by atoms with van der Waals surface area (Å²) in [5.74, 6) is 9.95. The normalized spacial score (nSPS) is 11.4.